The van der Waals surface area contributed by atoms with Crippen molar-refractivity contribution in [3.63, 3.8) is 0 Å². The maximum absolute atomic E-state index is 12.3. The van der Waals surface area contributed by atoms with E-state index in [2.05, 4.69) is 63.9 Å². The van der Waals surface area contributed by atoms with Crippen molar-refractivity contribution in [1.29, 1.82) is 0 Å². The normalized spacial score (nSPS) is 15.3. The van der Waals surface area contributed by atoms with E-state index >= 15 is 0 Å². The molecule has 1 N–H and O–H groups in total. The molecule has 0 radical (unpaired) electrons. The van der Waals surface area contributed by atoms with Crippen molar-refractivity contribution in [2.24, 2.45) is 5.92 Å². The summed E-state index contributed by atoms with van der Waals surface area (Å²) in [5.74, 6) is 2.17. The highest BCUT2D eigenvalue weighted by molar-refractivity contribution is 7.09. The van der Waals surface area contributed by atoms with Gasteiger partial charge in [-0.3, -0.25) is 9.69 Å². The number of piperidine rings is 1. The molecule has 7 heteroatoms. The molecule has 4 rings (SSSR count). The number of thiophene rings is 1. The van der Waals surface area contributed by atoms with E-state index < -0.39 is 0 Å². The molecule has 1 aliphatic heterocycles. The Hall–Kier alpha value is -2.51. The van der Waals surface area contributed by atoms with Gasteiger partial charge < -0.3 is 9.84 Å². The summed E-state index contributed by atoms with van der Waals surface area (Å²) in [6.45, 7) is 8.33. The summed E-state index contributed by atoms with van der Waals surface area (Å²) in [5.41, 5.74) is 2.21. The number of carbonyl (C=O) groups excluding carboxylic acids is 1. The molecule has 3 heterocycles. The summed E-state index contributed by atoms with van der Waals surface area (Å²) in [7, 11) is 0. The van der Waals surface area contributed by atoms with Crippen LogP contribution in [0.3, 0.4) is 0 Å². The number of amides is 1. The number of hydrogen-bond donors (Lipinski definition) is 1. The van der Waals surface area contributed by atoms with Crippen molar-refractivity contribution in [2.75, 3.05) is 19.6 Å². The first-order valence-electron chi connectivity index (χ1n) is 11.5. The van der Waals surface area contributed by atoms with Crippen molar-refractivity contribution in [3.05, 3.63) is 58.1 Å². The predicted octanol–water partition coefficient (Wildman–Crippen LogP) is 4.88. The zero-order chi connectivity index (χ0) is 22.3. The molecule has 0 saturated carbocycles. The molecule has 1 saturated heterocycles. The number of nitrogens with one attached hydrogen (secondary N) is 1. The van der Waals surface area contributed by atoms with Gasteiger partial charge >= 0.3 is 0 Å². The Bertz CT molecular complexity index is 974. The summed E-state index contributed by atoms with van der Waals surface area (Å²) in [6.07, 6.45) is 3.09. The van der Waals surface area contributed by atoms with E-state index in [0.29, 0.717) is 36.4 Å². The van der Waals surface area contributed by atoms with E-state index in [9.17, 15) is 4.79 Å². The van der Waals surface area contributed by atoms with Crippen LogP contribution in [-0.2, 0) is 17.8 Å². The van der Waals surface area contributed by atoms with Gasteiger partial charge in [0.1, 0.15) is 0 Å². The molecule has 1 amide bonds. The van der Waals surface area contributed by atoms with Crippen LogP contribution in [0, 0.1) is 5.92 Å². The number of benzene rings is 1. The summed E-state index contributed by atoms with van der Waals surface area (Å²) in [6, 6.07) is 12.5. The zero-order valence-corrected chi connectivity index (χ0v) is 19.7. The highest BCUT2D eigenvalue weighted by Gasteiger charge is 2.20. The largest absolute Gasteiger partial charge is 0.356 e. The number of carbonyl (C=O) groups is 1. The number of aryl methyl sites for hydroxylation is 1. The highest BCUT2D eigenvalue weighted by atomic mass is 32.1. The molecule has 170 valence electrons. The second-order valence-corrected chi connectivity index (χ2v) is 9.92. The molecule has 32 heavy (non-hydrogen) atoms. The summed E-state index contributed by atoms with van der Waals surface area (Å²) in [5, 5.41) is 9.30. The van der Waals surface area contributed by atoms with Gasteiger partial charge in [-0.1, -0.05) is 49.3 Å². The minimum atomic E-state index is 0.0482. The molecule has 0 unspecified atom stereocenters. The van der Waals surface area contributed by atoms with E-state index in [1.165, 1.54) is 10.4 Å². The lowest BCUT2D eigenvalue weighted by Crippen LogP contribution is -2.38. The lowest BCUT2D eigenvalue weighted by Gasteiger charge is -2.31. The third-order valence-corrected chi connectivity index (χ3v) is 6.99. The van der Waals surface area contributed by atoms with Crippen LogP contribution in [0.5, 0.6) is 0 Å². The standard InChI is InChI=1S/C25H32N4O2S/c1-18(2)20-5-7-21(8-6-20)25-27-24(31-28-25)10-9-23(30)26-16-19-11-13-29(14-12-19)17-22-4-3-15-32-22/h3-8,15,18-19H,9-14,16-17H2,1-2H3,(H,26,30). The highest BCUT2D eigenvalue weighted by Crippen LogP contribution is 2.22. The first-order chi connectivity index (χ1) is 15.6. The number of aromatic nitrogens is 2. The Balaban J connectivity index is 1.16. The molecule has 2 aromatic heterocycles. The van der Waals surface area contributed by atoms with Crippen LogP contribution >= 0.6 is 11.3 Å². The molecular weight excluding hydrogens is 420 g/mol. The fourth-order valence-electron chi connectivity index (χ4n) is 4.03. The summed E-state index contributed by atoms with van der Waals surface area (Å²) < 4.78 is 5.35. The third-order valence-electron chi connectivity index (χ3n) is 6.12. The molecule has 6 nitrogen and oxygen atoms in total. The Morgan fingerprint density at radius 1 is 1.22 bits per heavy atom. The lowest BCUT2D eigenvalue weighted by atomic mass is 9.96. The molecule has 0 bridgehead atoms. The Kier molecular flexibility index (Phi) is 7.71. The smallest absolute Gasteiger partial charge is 0.227 e. The van der Waals surface area contributed by atoms with Crippen molar-refractivity contribution < 1.29 is 9.32 Å². The van der Waals surface area contributed by atoms with E-state index in [1.54, 1.807) is 0 Å². The molecule has 1 fully saturated rings. The first kappa shape index (κ1) is 22.7. The van der Waals surface area contributed by atoms with Gasteiger partial charge in [0.05, 0.1) is 0 Å². The number of hydrogen-bond acceptors (Lipinski definition) is 6. The van der Waals surface area contributed by atoms with Crippen molar-refractivity contribution >= 4 is 17.2 Å². The summed E-state index contributed by atoms with van der Waals surface area (Å²) >= 11 is 1.82. The SMILES string of the molecule is CC(C)c1ccc(-c2noc(CCC(=O)NCC3CCN(Cc4cccs4)CC3)n2)cc1. The predicted molar refractivity (Wildman–Crippen MR) is 127 cm³/mol. The second-order valence-electron chi connectivity index (χ2n) is 8.89. The Labute approximate surface area is 194 Å². The Morgan fingerprint density at radius 3 is 2.69 bits per heavy atom. The van der Waals surface area contributed by atoms with Gasteiger partial charge in [0.25, 0.3) is 0 Å². The maximum atomic E-state index is 12.3. The van der Waals surface area contributed by atoms with Crippen molar-refractivity contribution in [2.45, 2.75) is 52.0 Å². The van der Waals surface area contributed by atoms with Crippen LogP contribution in [-0.4, -0.2) is 40.6 Å². The molecule has 1 aromatic carbocycles. The van der Waals surface area contributed by atoms with Gasteiger partial charge in [-0.2, -0.15) is 4.98 Å². The van der Waals surface area contributed by atoms with Crippen LogP contribution in [0.2, 0.25) is 0 Å². The number of rotatable bonds is 9. The van der Waals surface area contributed by atoms with Crippen molar-refractivity contribution in [1.82, 2.24) is 20.4 Å². The van der Waals surface area contributed by atoms with Crippen LogP contribution in [0.4, 0.5) is 0 Å². The van der Waals surface area contributed by atoms with Gasteiger partial charge in [0.2, 0.25) is 17.6 Å². The minimum absolute atomic E-state index is 0.0482. The minimum Gasteiger partial charge on any atom is -0.356 e. The first-order valence-corrected chi connectivity index (χ1v) is 12.4. The maximum Gasteiger partial charge on any atom is 0.227 e. The van der Waals surface area contributed by atoms with Gasteiger partial charge in [0, 0.05) is 36.4 Å². The van der Waals surface area contributed by atoms with Crippen molar-refractivity contribution in [3.8, 4) is 11.4 Å². The van der Waals surface area contributed by atoms with Crippen LogP contribution in [0.25, 0.3) is 11.4 Å². The third kappa shape index (κ3) is 6.26. The quantitative estimate of drug-likeness (QED) is 0.501. The average molecular weight is 453 g/mol. The zero-order valence-electron chi connectivity index (χ0n) is 18.9. The summed E-state index contributed by atoms with van der Waals surface area (Å²) in [4.78, 5) is 20.7. The monoisotopic (exact) mass is 452 g/mol. The van der Waals surface area contributed by atoms with Crippen LogP contribution < -0.4 is 5.32 Å². The van der Waals surface area contributed by atoms with Gasteiger partial charge in [0.15, 0.2) is 0 Å². The van der Waals surface area contributed by atoms with Crippen LogP contribution in [0.15, 0.2) is 46.3 Å². The molecule has 3 aromatic rings. The fraction of sp³-hybridized carbons (Fsp3) is 0.480. The molecule has 0 spiro atoms. The molecular formula is C25H32N4O2S. The van der Waals surface area contributed by atoms with Gasteiger partial charge in [-0.05, 0) is 54.8 Å². The van der Waals surface area contributed by atoms with E-state index in [4.69, 9.17) is 4.52 Å². The van der Waals surface area contributed by atoms with E-state index in [-0.39, 0.29) is 5.91 Å². The second kappa shape index (κ2) is 10.9. The van der Waals surface area contributed by atoms with Gasteiger partial charge in [-0.15, -0.1) is 11.3 Å². The van der Waals surface area contributed by atoms with E-state index in [1.807, 2.05) is 23.5 Å². The van der Waals surface area contributed by atoms with Gasteiger partial charge in [-0.25, -0.2) is 0 Å². The lowest BCUT2D eigenvalue weighted by molar-refractivity contribution is -0.121. The molecule has 1 aliphatic rings. The fourth-order valence-corrected chi connectivity index (χ4v) is 4.78. The van der Waals surface area contributed by atoms with Crippen LogP contribution in [0.1, 0.15) is 55.4 Å². The van der Waals surface area contributed by atoms with E-state index in [0.717, 1.165) is 44.6 Å². The topological polar surface area (TPSA) is 71.3 Å². The molecule has 0 aliphatic carbocycles. The Morgan fingerprint density at radius 2 is 2.00 bits per heavy atom. The average Bonchev–Trinajstić information content (AvgIpc) is 3.49. The molecule has 0 atom stereocenters. The number of nitrogens with zero attached hydrogens (tertiary/aromatic N) is 3. The number of likely N-dealkylation sites (tertiary alicyclic amines) is 1.